The van der Waals surface area contributed by atoms with Crippen molar-refractivity contribution in [3.05, 3.63) is 75.2 Å². The maximum absolute atomic E-state index is 12.8. The highest BCUT2D eigenvalue weighted by Gasteiger charge is 2.18. The molecular weight excluding hydrogens is 380 g/mol. The highest BCUT2D eigenvalue weighted by atomic mass is 16.2. The third kappa shape index (κ3) is 3.83. The van der Waals surface area contributed by atoms with E-state index in [1.807, 2.05) is 19.1 Å². The first kappa shape index (κ1) is 19.8. The molecule has 154 valence electrons. The Morgan fingerprint density at radius 3 is 2.43 bits per heavy atom. The summed E-state index contributed by atoms with van der Waals surface area (Å²) in [5.41, 5.74) is 7.76. The Bertz CT molecular complexity index is 1180. The molecule has 0 saturated carbocycles. The molecule has 1 heterocycles. The molecule has 2 amide bonds. The lowest BCUT2D eigenvalue weighted by atomic mass is 9.90. The second-order valence-electron chi connectivity index (χ2n) is 7.52. The van der Waals surface area contributed by atoms with Gasteiger partial charge in [0.15, 0.2) is 5.69 Å². The number of hydrogen-bond donors (Lipinski definition) is 2. The van der Waals surface area contributed by atoms with Crippen LogP contribution >= 0.6 is 0 Å². The minimum Gasteiger partial charge on any atom is -0.267 e. The van der Waals surface area contributed by atoms with Gasteiger partial charge >= 0.3 is 0 Å². The molecule has 1 aromatic heterocycles. The van der Waals surface area contributed by atoms with Crippen molar-refractivity contribution in [1.82, 2.24) is 20.6 Å². The summed E-state index contributed by atoms with van der Waals surface area (Å²) in [4.78, 5) is 37.9. The number of carbonyl (C=O) groups excluding carboxylic acids is 2. The maximum Gasteiger partial charge on any atom is 0.290 e. The second kappa shape index (κ2) is 8.49. The molecule has 0 saturated heterocycles. The fraction of sp³-hybridized carbons (Fsp3) is 0.304. The van der Waals surface area contributed by atoms with Crippen molar-refractivity contribution < 1.29 is 9.59 Å². The van der Waals surface area contributed by atoms with E-state index in [4.69, 9.17) is 0 Å². The van der Waals surface area contributed by atoms with Crippen LogP contribution in [0.1, 0.15) is 58.2 Å². The number of aryl methyl sites for hydroxylation is 3. The molecule has 0 radical (unpaired) electrons. The average molecular weight is 404 g/mol. The van der Waals surface area contributed by atoms with Crippen LogP contribution in [0, 0.1) is 0 Å². The van der Waals surface area contributed by atoms with Crippen LogP contribution in [0.4, 0.5) is 0 Å². The van der Waals surface area contributed by atoms with E-state index in [1.165, 1.54) is 22.2 Å². The Labute approximate surface area is 174 Å². The molecule has 7 heteroatoms. The molecular formula is C23H24N4O3. The molecule has 3 aromatic rings. The van der Waals surface area contributed by atoms with E-state index < -0.39 is 5.91 Å². The molecule has 7 nitrogen and oxygen atoms in total. The van der Waals surface area contributed by atoms with Crippen LogP contribution in [-0.4, -0.2) is 21.6 Å². The van der Waals surface area contributed by atoms with Gasteiger partial charge in [-0.25, -0.2) is 4.68 Å². The van der Waals surface area contributed by atoms with Crippen LogP contribution in [0.25, 0.3) is 10.8 Å². The molecule has 1 aliphatic rings. The predicted octanol–water partition coefficient (Wildman–Crippen LogP) is 2.76. The quantitative estimate of drug-likeness (QED) is 0.654. The van der Waals surface area contributed by atoms with Gasteiger partial charge in [0.1, 0.15) is 0 Å². The smallest absolute Gasteiger partial charge is 0.267 e. The summed E-state index contributed by atoms with van der Waals surface area (Å²) in [6.45, 7) is 2.34. The molecule has 0 atom stereocenters. The van der Waals surface area contributed by atoms with Gasteiger partial charge in [-0.1, -0.05) is 31.2 Å². The Morgan fingerprint density at radius 2 is 1.67 bits per heavy atom. The summed E-state index contributed by atoms with van der Waals surface area (Å²) in [6.07, 6.45) is 5.02. The Balaban J connectivity index is 1.55. The van der Waals surface area contributed by atoms with E-state index in [9.17, 15) is 14.4 Å². The number of nitrogens with zero attached hydrogens (tertiary/aromatic N) is 2. The molecule has 0 bridgehead atoms. The van der Waals surface area contributed by atoms with Gasteiger partial charge < -0.3 is 0 Å². The molecule has 0 aliphatic heterocycles. The summed E-state index contributed by atoms with van der Waals surface area (Å²) in [7, 11) is 0. The monoisotopic (exact) mass is 404 g/mol. The number of hydrazine groups is 1. The van der Waals surface area contributed by atoms with E-state index in [1.54, 1.807) is 30.3 Å². The van der Waals surface area contributed by atoms with Crippen LogP contribution in [0.5, 0.6) is 0 Å². The summed E-state index contributed by atoms with van der Waals surface area (Å²) in [6, 6.07) is 12.5. The third-order valence-corrected chi connectivity index (χ3v) is 5.42. The lowest BCUT2D eigenvalue weighted by molar-refractivity contribution is 0.0843. The number of fused-ring (bicyclic) bond motifs is 2. The standard InChI is InChI=1S/C23H24N4O3/c1-2-13-27-23(30)19-10-6-5-9-18(19)20(26-27)22(29)25-24-21(28)17-12-11-15-7-3-4-8-16(15)14-17/h5-6,9-12,14H,2-4,7-8,13H2,1H3,(H,24,28)(H,25,29). The van der Waals surface area contributed by atoms with Crippen molar-refractivity contribution in [2.24, 2.45) is 0 Å². The zero-order chi connectivity index (χ0) is 21.1. The first-order chi connectivity index (χ1) is 14.6. The zero-order valence-corrected chi connectivity index (χ0v) is 16.9. The van der Waals surface area contributed by atoms with Crippen LogP contribution in [-0.2, 0) is 19.4 Å². The van der Waals surface area contributed by atoms with Gasteiger partial charge in [-0.05, 0) is 61.4 Å². The van der Waals surface area contributed by atoms with Gasteiger partial charge in [-0.3, -0.25) is 25.2 Å². The molecule has 30 heavy (non-hydrogen) atoms. The largest absolute Gasteiger partial charge is 0.290 e. The van der Waals surface area contributed by atoms with Crippen LogP contribution < -0.4 is 16.4 Å². The zero-order valence-electron chi connectivity index (χ0n) is 16.9. The van der Waals surface area contributed by atoms with E-state index in [0.29, 0.717) is 29.3 Å². The van der Waals surface area contributed by atoms with E-state index >= 15 is 0 Å². The van der Waals surface area contributed by atoms with Crippen molar-refractivity contribution in [2.75, 3.05) is 0 Å². The molecule has 1 aliphatic carbocycles. The molecule has 0 unspecified atom stereocenters. The summed E-state index contributed by atoms with van der Waals surface area (Å²) in [5.74, 6) is -0.953. The van der Waals surface area contributed by atoms with Crippen molar-refractivity contribution in [1.29, 1.82) is 0 Å². The highest BCUT2D eigenvalue weighted by molar-refractivity contribution is 6.06. The topological polar surface area (TPSA) is 93.1 Å². The van der Waals surface area contributed by atoms with Gasteiger partial charge in [-0.2, -0.15) is 5.10 Å². The summed E-state index contributed by atoms with van der Waals surface area (Å²) < 4.78 is 1.29. The molecule has 2 N–H and O–H groups in total. The Hall–Kier alpha value is -3.48. The predicted molar refractivity (Wildman–Crippen MR) is 114 cm³/mol. The lowest BCUT2D eigenvalue weighted by Crippen LogP contribution is -2.42. The van der Waals surface area contributed by atoms with Crippen LogP contribution in [0.3, 0.4) is 0 Å². The summed E-state index contributed by atoms with van der Waals surface area (Å²) >= 11 is 0. The van der Waals surface area contributed by atoms with Gasteiger partial charge in [-0.15, -0.1) is 0 Å². The first-order valence-electron chi connectivity index (χ1n) is 10.3. The number of carbonyl (C=O) groups is 2. The van der Waals surface area contributed by atoms with Crippen molar-refractivity contribution in [2.45, 2.75) is 45.6 Å². The van der Waals surface area contributed by atoms with Crippen molar-refractivity contribution in [3.8, 4) is 0 Å². The number of aromatic nitrogens is 2. The van der Waals surface area contributed by atoms with E-state index in [0.717, 1.165) is 19.3 Å². The molecule has 0 spiro atoms. The van der Waals surface area contributed by atoms with Crippen LogP contribution in [0.2, 0.25) is 0 Å². The maximum atomic E-state index is 12.8. The fourth-order valence-electron chi connectivity index (χ4n) is 3.89. The second-order valence-corrected chi connectivity index (χ2v) is 7.52. The Kier molecular flexibility index (Phi) is 5.61. The lowest BCUT2D eigenvalue weighted by Gasteiger charge is -2.16. The Morgan fingerprint density at radius 1 is 0.967 bits per heavy atom. The molecule has 2 aromatic carbocycles. The number of amides is 2. The van der Waals surface area contributed by atoms with Crippen LogP contribution in [0.15, 0.2) is 47.3 Å². The van der Waals surface area contributed by atoms with Gasteiger partial charge in [0, 0.05) is 17.5 Å². The van der Waals surface area contributed by atoms with Crippen molar-refractivity contribution >= 4 is 22.6 Å². The normalized spacial score (nSPS) is 13.0. The van der Waals surface area contributed by atoms with E-state index in [2.05, 4.69) is 16.0 Å². The summed E-state index contributed by atoms with van der Waals surface area (Å²) in [5, 5.41) is 5.12. The number of rotatable bonds is 4. The fourth-order valence-corrected chi connectivity index (χ4v) is 3.89. The SMILES string of the molecule is CCCn1nc(C(=O)NNC(=O)c2ccc3c(c2)CCCC3)c2ccccc2c1=O. The third-order valence-electron chi connectivity index (χ3n) is 5.42. The molecule has 4 rings (SSSR count). The van der Waals surface area contributed by atoms with E-state index in [-0.39, 0.29) is 17.2 Å². The van der Waals surface area contributed by atoms with Gasteiger partial charge in [0.05, 0.1) is 5.39 Å². The molecule has 0 fully saturated rings. The van der Waals surface area contributed by atoms with Gasteiger partial charge in [0.25, 0.3) is 17.4 Å². The van der Waals surface area contributed by atoms with Crippen molar-refractivity contribution in [3.63, 3.8) is 0 Å². The minimum atomic E-state index is -0.567. The number of nitrogens with one attached hydrogen (secondary N) is 2. The average Bonchev–Trinajstić information content (AvgIpc) is 2.79. The first-order valence-corrected chi connectivity index (χ1v) is 10.3. The highest BCUT2D eigenvalue weighted by Crippen LogP contribution is 2.22. The number of hydrogen-bond acceptors (Lipinski definition) is 4. The number of benzene rings is 2. The minimum absolute atomic E-state index is 0.101. The van der Waals surface area contributed by atoms with Gasteiger partial charge in [0.2, 0.25) is 0 Å².